The third-order valence-corrected chi connectivity index (χ3v) is 2.10. The van der Waals surface area contributed by atoms with Gasteiger partial charge in [0.15, 0.2) is 0 Å². The summed E-state index contributed by atoms with van der Waals surface area (Å²) in [6, 6.07) is 9.25. The second kappa shape index (κ2) is 4.25. The van der Waals surface area contributed by atoms with Gasteiger partial charge < -0.3 is 0 Å². The molecule has 0 saturated heterocycles. The largest absolute Gasteiger partial charge is 0.288 e. The van der Waals surface area contributed by atoms with Crippen LogP contribution < -0.4 is 5.06 Å². The van der Waals surface area contributed by atoms with Crippen LogP contribution in [0.4, 0.5) is 5.69 Å². The molecule has 1 atom stereocenters. The number of nitrogens with zero attached hydrogens (tertiary/aromatic N) is 2. The number of hydroxylamine groups is 1. The molecule has 1 unspecified atom stereocenters. The van der Waals surface area contributed by atoms with E-state index in [0.717, 1.165) is 5.06 Å². The minimum atomic E-state index is -0.137. The van der Waals surface area contributed by atoms with Crippen LogP contribution in [-0.2, 0) is 5.21 Å². The summed E-state index contributed by atoms with van der Waals surface area (Å²) in [6.07, 6.45) is -0.137. The SMILES string of the molecule is CC(N(C)C)N([O])c1ccccc1. The highest BCUT2D eigenvalue weighted by atomic mass is 16.5. The Morgan fingerprint density at radius 2 is 1.69 bits per heavy atom. The molecular formula is C10H15N2O. The number of hydrogen-bond donors (Lipinski definition) is 0. The first-order valence-electron chi connectivity index (χ1n) is 4.31. The van der Waals surface area contributed by atoms with Crippen molar-refractivity contribution in [1.82, 2.24) is 4.90 Å². The molecule has 71 valence electrons. The molecule has 0 aliphatic heterocycles. The van der Waals surface area contributed by atoms with Gasteiger partial charge in [-0.3, -0.25) is 4.90 Å². The van der Waals surface area contributed by atoms with Crippen molar-refractivity contribution in [2.75, 3.05) is 19.2 Å². The second-order valence-corrected chi connectivity index (χ2v) is 3.26. The Morgan fingerprint density at radius 3 is 2.15 bits per heavy atom. The normalized spacial score (nSPS) is 13.0. The monoisotopic (exact) mass is 179 g/mol. The molecule has 0 aromatic heterocycles. The van der Waals surface area contributed by atoms with E-state index in [9.17, 15) is 5.21 Å². The van der Waals surface area contributed by atoms with E-state index in [2.05, 4.69) is 0 Å². The molecule has 1 rings (SSSR count). The Morgan fingerprint density at radius 1 is 1.15 bits per heavy atom. The maximum absolute atomic E-state index is 11.7. The van der Waals surface area contributed by atoms with E-state index in [1.165, 1.54) is 0 Å². The Kier molecular flexibility index (Phi) is 3.28. The molecule has 0 saturated carbocycles. The maximum Gasteiger partial charge on any atom is 0.108 e. The fraction of sp³-hybridized carbons (Fsp3) is 0.400. The van der Waals surface area contributed by atoms with Crippen molar-refractivity contribution in [1.29, 1.82) is 0 Å². The molecule has 1 aromatic carbocycles. The molecule has 0 bridgehead atoms. The van der Waals surface area contributed by atoms with Gasteiger partial charge in [-0.1, -0.05) is 23.4 Å². The van der Waals surface area contributed by atoms with Gasteiger partial charge in [0.1, 0.15) is 6.17 Å². The van der Waals surface area contributed by atoms with Crippen LogP contribution in [0.3, 0.4) is 0 Å². The zero-order valence-electron chi connectivity index (χ0n) is 8.27. The molecule has 1 radical (unpaired) electrons. The van der Waals surface area contributed by atoms with Crippen LogP contribution in [0.25, 0.3) is 0 Å². The number of para-hydroxylation sites is 1. The van der Waals surface area contributed by atoms with E-state index in [4.69, 9.17) is 0 Å². The van der Waals surface area contributed by atoms with Gasteiger partial charge in [-0.05, 0) is 33.2 Å². The molecule has 0 aliphatic rings. The summed E-state index contributed by atoms with van der Waals surface area (Å²) in [5.74, 6) is 0. The van der Waals surface area contributed by atoms with Crippen molar-refractivity contribution >= 4 is 5.69 Å². The Balaban J connectivity index is 2.73. The van der Waals surface area contributed by atoms with Crippen LogP contribution in [-0.4, -0.2) is 25.2 Å². The van der Waals surface area contributed by atoms with Crippen LogP contribution in [0.5, 0.6) is 0 Å². The average molecular weight is 179 g/mol. The molecule has 0 N–H and O–H groups in total. The van der Waals surface area contributed by atoms with Crippen molar-refractivity contribution in [2.24, 2.45) is 0 Å². The third-order valence-electron chi connectivity index (χ3n) is 2.10. The fourth-order valence-electron chi connectivity index (χ4n) is 1.00. The van der Waals surface area contributed by atoms with Gasteiger partial charge in [-0.15, -0.1) is 0 Å². The van der Waals surface area contributed by atoms with Crippen LogP contribution in [0.1, 0.15) is 6.92 Å². The Labute approximate surface area is 79.2 Å². The van der Waals surface area contributed by atoms with Crippen LogP contribution in [0, 0.1) is 0 Å². The van der Waals surface area contributed by atoms with Gasteiger partial charge in [-0.2, -0.15) is 0 Å². The number of benzene rings is 1. The van der Waals surface area contributed by atoms with Crippen LogP contribution in [0.15, 0.2) is 30.3 Å². The lowest BCUT2D eigenvalue weighted by molar-refractivity contribution is 0.0822. The predicted octanol–water partition coefficient (Wildman–Crippen LogP) is 1.75. The summed E-state index contributed by atoms with van der Waals surface area (Å²) in [5.41, 5.74) is 0.698. The van der Waals surface area contributed by atoms with Crippen molar-refractivity contribution in [3.8, 4) is 0 Å². The van der Waals surface area contributed by atoms with Gasteiger partial charge in [-0.25, -0.2) is 5.06 Å². The Bertz CT molecular complexity index is 248. The smallest absolute Gasteiger partial charge is 0.108 e. The fourth-order valence-corrected chi connectivity index (χ4v) is 1.00. The van der Waals surface area contributed by atoms with Gasteiger partial charge in [0.25, 0.3) is 0 Å². The highest BCUT2D eigenvalue weighted by Gasteiger charge is 2.14. The van der Waals surface area contributed by atoms with E-state index in [1.54, 1.807) is 0 Å². The number of hydrogen-bond acceptors (Lipinski definition) is 2. The summed E-state index contributed by atoms with van der Waals surface area (Å²) >= 11 is 0. The average Bonchev–Trinajstić information content (AvgIpc) is 2.17. The molecule has 0 amide bonds. The molecular weight excluding hydrogens is 164 g/mol. The summed E-state index contributed by atoms with van der Waals surface area (Å²) < 4.78 is 0. The lowest BCUT2D eigenvalue weighted by atomic mass is 10.3. The molecule has 1 aromatic rings. The standard InChI is InChI=1S/C10H15N2O/c1-9(11(2)3)12(13)10-7-5-4-6-8-10/h4-9H,1-3H3. The molecule has 3 heteroatoms. The lowest BCUT2D eigenvalue weighted by Crippen LogP contribution is -2.39. The summed E-state index contributed by atoms with van der Waals surface area (Å²) in [7, 11) is 3.77. The van der Waals surface area contributed by atoms with Gasteiger partial charge in [0, 0.05) is 0 Å². The van der Waals surface area contributed by atoms with E-state index in [0.29, 0.717) is 5.69 Å². The van der Waals surface area contributed by atoms with Gasteiger partial charge in [0.2, 0.25) is 0 Å². The minimum Gasteiger partial charge on any atom is -0.288 e. The zero-order chi connectivity index (χ0) is 9.84. The first kappa shape index (κ1) is 10.0. The highest BCUT2D eigenvalue weighted by Crippen LogP contribution is 2.14. The summed E-state index contributed by atoms with van der Waals surface area (Å²) in [4.78, 5) is 1.88. The van der Waals surface area contributed by atoms with Gasteiger partial charge in [0.05, 0.1) is 5.69 Å². The van der Waals surface area contributed by atoms with Crippen molar-refractivity contribution in [2.45, 2.75) is 13.1 Å². The van der Waals surface area contributed by atoms with E-state index < -0.39 is 0 Å². The molecule has 3 nitrogen and oxygen atoms in total. The first-order chi connectivity index (χ1) is 6.13. The molecule has 0 fully saturated rings. The summed E-state index contributed by atoms with van der Waals surface area (Å²) in [6.45, 7) is 1.88. The highest BCUT2D eigenvalue weighted by molar-refractivity contribution is 5.43. The molecule has 0 spiro atoms. The van der Waals surface area contributed by atoms with Crippen molar-refractivity contribution in [3.63, 3.8) is 0 Å². The molecule has 13 heavy (non-hydrogen) atoms. The molecule has 0 aliphatic carbocycles. The van der Waals surface area contributed by atoms with E-state index in [-0.39, 0.29) is 6.17 Å². The van der Waals surface area contributed by atoms with Crippen LogP contribution in [0.2, 0.25) is 0 Å². The lowest BCUT2D eigenvalue weighted by Gasteiger charge is -2.27. The predicted molar refractivity (Wildman–Crippen MR) is 52.8 cm³/mol. The van der Waals surface area contributed by atoms with Crippen LogP contribution >= 0.6 is 0 Å². The quantitative estimate of drug-likeness (QED) is 0.522. The van der Waals surface area contributed by atoms with Crippen molar-refractivity contribution in [3.05, 3.63) is 30.3 Å². The maximum atomic E-state index is 11.7. The minimum absolute atomic E-state index is 0.137. The zero-order valence-corrected chi connectivity index (χ0v) is 8.27. The topological polar surface area (TPSA) is 26.4 Å². The second-order valence-electron chi connectivity index (χ2n) is 3.26. The molecule has 0 heterocycles. The van der Waals surface area contributed by atoms with Gasteiger partial charge >= 0.3 is 0 Å². The summed E-state index contributed by atoms with van der Waals surface area (Å²) in [5, 5.41) is 12.7. The third kappa shape index (κ3) is 2.44. The van der Waals surface area contributed by atoms with Crippen molar-refractivity contribution < 1.29 is 5.21 Å². The number of anilines is 1. The van der Waals surface area contributed by atoms with E-state index >= 15 is 0 Å². The Hall–Kier alpha value is -1.06. The number of rotatable bonds is 3. The first-order valence-corrected chi connectivity index (χ1v) is 4.31. The van der Waals surface area contributed by atoms with E-state index in [1.807, 2.05) is 56.3 Å².